The van der Waals surface area contributed by atoms with E-state index in [0.717, 1.165) is 22.0 Å². The minimum Gasteiger partial charge on any atom is -0.340 e. The van der Waals surface area contributed by atoms with Gasteiger partial charge in [-0.05, 0) is 30.2 Å². The van der Waals surface area contributed by atoms with Crippen LogP contribution in [0.1, 0.15) is 12.0 Å². The first kappa shape index (κ1) is 19.4. The van der Waals surface area contributed by atoms with Gasteiger partial charge in [-0.3, -0.25) is 9.78 Å². The number of halogens is 2. The van der Waals surface area contributed by atoms with Gasteiger partial charge in [0.15, 0.2) is 0 Å². The number of nitrogens with zero attached hydrogens (tertiary/aromatic N) is 3. The van der Waals surface area contributed by atoms with Gasteiger partial charge in [-0.1, -0.05) is 6.07 Å². The molecule has 1 aromatic heterocycles. The smallest absolute Gasteiger partial charge is 0.246 e. The Balaban J connectivity index is 1.58. The molecule has 0 unspecified atom stereocenters. The van der Waals surface area contributed by atoms with Crippen LogP contribution in [0.5, 0.6) is 0 Å². The Morgan fingerprint density at radius 2 is 1.85 bits per heavy atom. The average molecular weight is 395 g/mol. The highest BCUT2D eigenvalue weighted by atomic mass is 32.2. The molecule has 1 aliphatic heterocycles. The molecule has 1 fully saturated rings. The first-order valence-corrected chi connectivity index (χ1v) is 9.94. The van der Waals surface area contributed by atoms with Gasteiger partial charge in [0.2, 0.25) is 15.9 Å². The summed E-state index contributed by atoms with van der Waals surface area (Å²) in [6, 6.07) is 6.07. The zero-order valence-electron chi connectivity index (χ0n) is 14.5. The van der Waals surface area contributed by atoms with Gasteiger partial charge in [0, 0.05) is 51.1 Å². The third kappa shape index (κ3) is 4.48. The molecule has 27 heavy (non-hydrogen) atoms. The summed E-state index contributed by atoms with van der Waals surface area (Å²) in [4.78, 5) is 17.4. The number of pyridine rings is 1. The van der Waals surface area contributed by atoms with Gasteiger partial charge in [0.25, 0.3) is 0 Å². The Labute approximate surface area is 156 Å². The van der Waals surface area contributed by atoms with Gasteiger partial charge >= 0.3 is 0 Å². The fraction of sp³-hybridized carbons (Fsp3) is 0.333. The zero-order valence-corrected chi connectivity index (χ0v) is 15.3. The molecule has 0 saturated carbocycles. The fourth-order valence-electron chi connectivity index (χ4n) is 2.96. The number of hydrogen-bond acceptors (Lipinski definition) is 4. The lowest BCUT2D eigenvalue weighted by atomic mass is 10.1. The quantitative estimate of drug-likeness (QED) is 0.775. The number of sulfonamides is 1. The molecule has 3 rings (SSSR count). The molecule has 6 nitrogen and oxygen atoms in total. The molecule has 144 valence electrons. The summed E-state index contributed by atoms with van der Waals surface area (Å²) in [7, 11) is -4.07. The van der Waals surface area contributed by atoms with E-state index in [2.05, 4.69) is 4.98 Å². The average Bonchev–Trinajstić information content (AvgIpc) is 2.66. The molecule has 0 bridgehead atoms. The van der Waals surface area contributed by atoms with E-state index in [1.54, 1.807) is 23.4 Å². The van der Waals surface area contributed by atoms with E-state index in [1.807, 2.05) is 6.07 Å². The van der Waals surface area contributed by atoms with Gasteiger partial charge in [-0.25, -0.2) is 17.2 Å². The molecule has 1 amide bonds. The summed E-state index contributed by atoms with van der Waals surface area (Å²) >= 11 is 0. The number of rotatable bonds is 5. The third-order valence-corrected chi connectivity index (χ3v) is 6.39. The van der Waals surface area contributed by atoms with Crippen molar-refractivity contribution in [3.8, 4) is 0 Å². The topological polar surface area (TPSA) is 70.6 Å². The van der Waals surface area contributed by atoms with Crippen molar-refractivity contribution in [2.75, 3.05) is 26.2 Å². The van der Waals surface area contributed by atoms with Crippen molar-refractivity contribution in [3.05, 3.63) is 59.9 Å². The highest BCUT2D eigenvalue weighted by Crippen LogP contribution is 2.21. The van der Waals surface area contributed by atoms with Crippen LogP contribution < -0.4 is 0 Å². The molecule has 2 aromatic rings. The molecular weight excluding hydrogens is 376 g/mol. The van der Waals surface area contributed by atoms with Gasteiger partial charge in [-0.2, -0.15) is 4.31 Å². The zero-order chi connectivity index (χ0) is 19.4. The van der Waals surface area contributed by atoms with Crippen LogP contribution in [-0.4, -0.2) is 54.7 Å². The van der Waals surface area contributed by atoms with E-state index in [1.165, 1.54) is 0 Å². The van der Waals surface area contributed by atoms with Crippen molar-refractivity contribution in [1.82, 2.24) is 14.2 Å². The summed E-state index contributed by atoms with van der Waals surface area (Å²) in [6.45, 7) is 0.595. The predicted octanol–water partition coefficient (Wildman–Crippen LogP) is 1.83. The van der Waals surface area contributed by atoms with Crippen molar-refractivity contribution < 1.29 is 22.0 Å². The molecule has 1 aliphatic rings. The molecule has 1 saturated heterocycles. The largest absolute Gasteiger partial charge is 0.340 e. The van der Waals surface area contributed by atoms with Crippen LogP contribution in [0.4, 0.5) is 8.78 Å². The Morgan fingerprint density at radius 1 is 1.11 bits per heavy atom. The lowest BCUT2D eigenvalue weighted by Gasteiger charge is -2.34. The minimum absolute atomic E-state index is 0.0659. The van der Waals surface area contributed by atoms with Crippen LogP contribution in [0, 0.1) is 11.6 Å². The first-order chi connectivity index (χ1) is 12.9. The third-order valence-electron chi connectivity index (χ3n) is 4.45. The Kier molecular flexibility index (Phi) is 5.81. The van der Waals surface area contributed by atoms with E-state index >= 15 is 0 Å². The van der Waals surface area contributed by atoms with E-state index in [-0.39, 0.29) is 32.1 Å². The molecule has 0 aliphatic carbocycles. The molecule has 0 spiro atoms. The standard InChI is InChI=1S/C18H19F2N3O3S/c19-15-4-5-17(16(20)12-15)27(25,26)23-10-8-22(9-11-23)18(24)6-3-14-2-1-7-21-13-14/h1-2,4-5,7,12-13H,3,6,8-11H2. The van der Waals surface area contributed by atoms with Crippen LogP contribution in [0.15, 0.2) is 47.6 Å². The summed E-state index contributed by atoms with van der Waals surface area (Å²) in [5.74, 6) is -2.02. The normalized spacial score (nSPS) is 15.7. The van der Waals surface area contributed by atoms with E-state index in [9.17, 15) is 22.0 Å². The highest BCUT2D eigenvalue weighted by molar-refractivity contribution is 7.89. The molecule has 0 radical (unpaired) electrons. The van der Waals surface area contributed by atoms with Crippen molar-refractivity contribution in [3.63, 3.8) is 0 Å². The van der Waals surface area contributed by atoms with E-state index in [0.29, 0.717) is 18.9 Å². The van der Waals surface area contributed by atoms with Crippen LogP contribution in [0.25, 0.3) is 0 Å². The SMILES string of the molecule is O=C(CCc1cccnc1)N1CCN(S(=O)(=O)c2ccc(F)cc2F)CC1. The van der Waals surface area contributed by atoms with E-state index in [4.69, 9.17) is 0 Å². The Hall–Kier alpha value is -2.39. The van der Waals surface area contributed by atoms with Crippen molar-refractivity contribution in [2.24, 2.45) is 0 Å². The Morgan fingerprint density at radius 3 is 2.48 bits per heavy atom. The summed E-state index contributed by atoms with van der Waals surface area (Å²) in [5.41, 5.74) is 0.957. The molecule has 9 heteroatoms. The van der Waals surface area contributed by atoms with Crippen molar-refractivity contribution in [2.45, 2.75) is 17.7 Å². The van der Waals surface area contributed by atoms with E-state index < -0.39 is 26.6 Å². The molecule has 0 N–H and O–H groups in total. The second-order valence-corrected chi connectivity index (χ2v) is 8.13. The second kappa shape index (κ2) is 8.10. The minimum atomic E-state index is -4.07. The monoisotopic (exact) mass is 395 g/mol. The number of hydrogen-bond donors (Lipinski definition) is 0. The molecule has 1 aromatic carbocycles. The lowest BCUT2D eigenvalue weighted by Crippen LogP contribution is -2.50. The maximum atomic E-state index is 13.9. The van der Waals surface area contributed by atoms with Gasteiger partial charge in [0.1, 0.15) is 16.5 Å². The number of benzene rings is 1. The van der Waals surface area contributed by atoms with Gasteiger partial charge in [-0.15, -0.1) is 0 Å². The number of amides is 1. The van der Waals surface area contributed by atoms with Crippen molar-refractivity contribution >= 4 is 15.9 Å². The lowest BCUT2D eigenvalue weighted by molar-refractivity contribution is -0.132. The first-order valence-electron chi connectivity index (χ1n) is 8.50. The number of aromatic nitrogens is 1. The van der Waals surface area contributed by atoms with Crippen LogP contribution in [0.3, 0.4) is 0 Å². The van der Waals surface area contributed by atoms with Gasteiger partial charge < -0.3 is 4.90 Å². The maximum Gasteiger partial charge on any atom is 0.246 e. The fourth-order valence-corrected chi connectivity index (χ4v) is 4.42. The van der Waals surface area contributed by atoms with Crippen LogP contribution in [0.2, 0.25) is 0 Å². The Bertz CT molecular complexity index is 915. The summed E-state index contributed by atoms with van der Waals surface area (Å²) in [5, 5.41) is 0. The predicted molar refractivity (Wildman–Crippen MR) is 94.3 cm³/mol. The van der Waals surface area contributed by atoms with Crippen molar-refractivity contribution in [1.29, 1.82) is 0 Å². The van der Waals surface area contributed by atoms with Gasteiger partial charge in [0.05, 0.1) is 0 Å². The number of piperazine rings is 1. The number of carbonyl (C=O) groups excluding carboxylic acids is 1. The van der Waals surface area contributed by atoms with Crippen LogP contribution >= 0.6 is 0 Å². The van der Waals surface area contributed by atoms with Crippen LogP contribution in [-0.2, 0) is 21.2 Å². The molecule has 2 heterocycles. The summed E-state index contributed by atoms with van der Waals surface area (Å²) < 4.78 is 53.1. The maximum absolute atomic E-state index is 13.9. The second-order valence-electron chi connectivity index (χ2n) is 6.22. The summed E-state index contributed by atoms with van der Waals surface area (Å²) in [6.07, 6.45) is 4.24. The number of carbonyl (C=O) groups is 1. The molecule has 0 atom stereocenters. The highest BCUT2D eigenvalue weighted by Gasteiger charge is 2.31. The molecular formula is C18H19F2N3O3S. The number of aryl methyl sites for hydroxylation is 1.